The van der Waals surface area contributed by atoms with E-state index >= 15 is 0 Å². The molecule has 3 aromatic heterocycles. The number of esters is 2. The number of aromatic amines is 1. The summed E-state index contributed by atoms with van der Waals surface area (Å²) in [5.74, 6) is -1.44. The molecular weight excluding hydrogens is 717 g/mol. The van der Waals surface area contributed by atoms with Crippen molar-refractivity contribution < 1.29 is 33.4 Å². The number of aromatic nitrogens is 2. The number of methoxy groups -OCH3 is 1. The highest BCUT2D eigenvalue weighted by Crippen LogP contribution is 2.44. The molecule has 3 N–H and O–H groups in total. The number of H-pyrrole nitrogens is 1. The average Bonchev–Trinajstić information content (AvgIpc) is 3.90. The Bertz CT molecular complexity index is 2400. The summed E-state index contributed by atoms with van der Waals surface area (Å²) in [7, 11) is 1.24. The number of nitrogens with one attached hydrogen (secondary N) is 3. The quantitative estimate of drug-likeness (QED) is 0.111. The number of benzene rings is 3. The van der Waals surface area contributed by atoms with Crippen molar-refractivity contribution >= 4 is 51.7 Å². The van der Waals surface area contributed by atoms with E-state index in [-0.39, 0.29) is 35.9 Å². The molecule has 6 aromatic rings. The molecule has 3 aromatic carbocycles. The lowest BCUT2D eigenvalue weighted by Crippen LogP contribution is -2.26. The molecule has 4 heterocycles. The van der Waals surface area contributed by atoms with Crippen LogP contribution in [0.3, 0.4) is 0 Å². The highest BCUT2D eigenvalue weighted by atomic mass is 32.1. The highest BCUT2D eigenvalue weighted by Gasteiger charge is 2.28. The van der Waals surface area contributed by atoms with Crippen molar-refractivity contribution in [3.8, 4) is 39.1 Å². The molecule has 1 aliphatic heterocycles. The summed E-state index contributed by atoms with van der Waals surface area (Å²) >= 11 is 1.54. The number of thiophene rings is 1. The molecule has 282 valence electrons. The van der Waals surface area contributed by atoms with Crippen molar-refractivity contribution in [3.63, 3.8) is 0 Å². The smallest absolute Gasteiger partial charge is 0.357 e. The zero-order valence-corrected chi connectivity index (χ0v) is 32.1. The van der Waals surface area contributed by atoms with Crippen LogP contribution in [0, 0.1) is 0 Å². The number of carbonyl (C=O) groups excluding carboxylic acids is 4. The van der Waals surface area contributed by atoms with Gasteiger partial charge in [-0.2, -0.15) is 11.3 Å². The molecule has 0 unspecified atom stereocenters. The predicted octanol–water partition coefficient (Wildman–Crippen LogP) is 8.83. The molecule has 0 atom stereocenters. The molecule has 0 aliphatic carbocycles. The fraction of sp³-hybridized carbons (Fsp3) is 0.233. The second kappa shape index (κ2) is 17.3. The number of hydrogen-bond donors (Lipinski definition) is 3. The van der Waals surface area contributed by atoms with Crippen LogP contribution in [0.15, 0.2) is 83.7 Å². The number of anilines is 1. The van der Waals surface area contributed by atoms with E-state index in [0.29, 0.717) is 35.7 Å². The van der Waals surface area contributed by atoms with Crippen LogP contribution in [-0.2, 0) is 27.3 Å². The number of rotatable bonds is 11. The van der Waals surface area contributed by atoms with Crippen molar-refractivity contribution in [2.75, 3.05) is 25.6 Å². The van der Waals surface area contributed by atoms with Gasteiger partial charge >= 0.3 is 11.9 Å². The van der Waals surface area contributed by atoms with Gasteiger partial charge in [0.1, 0.15) is 18.1 Å². The maximum atomic E-state index is 14.7. The van der Waals surface area contributed by atoms with Gasteiger partial charge in [0.15, 0.2) is 5.69 Å². The summed E-state index contributed by atoms with van der Waals surface area (Å²) in [6.45, 7) is 8.79. The van der Waals surface area contributed by atoms with Gasteiger partial charge in [0.2, 0.25) is 0 Å². The summed E-state index contributed by atoms with van der Waals surface area (Å²) in [5.41, 5.74) is 7.24. The van der Waals surface area contributed by atoms with Crippen molar-refractivity contribution in [3.05, 3.63) is 112 Å². The van der Waals surface area contributed by atoms with Crippen molar-refractivity contribution in [1.29, 1.82) is 0 Å². The van der Waals surface area contributed by atoms with Crippen LogP contribution in [0.4, 0.5) is 5.69 Å². The lowest BCUT2D eigenvalue weighted by Gasteiger charge is -2.22. The SMILES string of the molecule is CC.CCCNC(=O)c1ccc(-c2cc3c(cc2C(=O)Nc2ccc4[nH]ccc4c2-c2cccc(CC(=O)OCC)c2)-c2cscc2CO3)c(C(=O)OC)n1. The summed E-state index contributed by atoms with van der Waals surface area (Å²) in [5, 5.41) is 10.8. The summed E-state index contributed by atoms with van der Waals surface area (Å²) in [4.78, 5) is 60.8. The number of ether oxygens (including phenoxy) is 3. The Morgan fingerprint density at radius 1 is 0.909 bits per heavy atom. The summed E-state index contributed by atoms with van der Waals surface area (Å²) in [6, 6.07) is 19.9. The molecule has 0 bridgehead atoms. The molecule has 0 fully saturated rings. The van der Waals surface area contributed by atoms with E-state index < -0.39 is 17.8 Å². The molecule has 7 rings (SSSR count). The van der Waals surface area contributed by atoms with E-state index in [1.54, 1.807) is 36.5 Å². The van der Waals surface area contributed by atoms with E-state index in [0.717, 1.165) is 50.7 Å². The normalized spacial score (nSPS) is 11.3. The van der Waals surface area contributed by atoms with E-state index in [1.165, 1.54) is 13.2 Å². The van der Waals surface area contributed by atoms with Crippen LogP contribution in [0.1, 0.15) is 76.6 Å². The Balaban J connectivity index is 0.00000253. The minimum Gasteiger partial charge on any atom is -0.488 e. The summed E-state index contributed by atoms with van der Waals surface area (Å²) < 4.78 is 16.5. The van der Waals surface area contributed by atoms with Crippen LogP contribution in [0.5, 0.6) is 5.75 Å². The second-order valence-corrected chi connectivity index (χ2v) is 13.1. The first-order valence-electron chi connectivity index (χ1n) is 18.2. The highest BCUT2D eigenvalue weighted by molar-refractivity contribution is 7.08. The lowest BCUT2D eigenvalue weighted by atomic mass is 9.91. The number of nitrogens with zero attached hydrogens (tertiary/aromatic N) is 1. The predicted molar refractivity (Wildman–Crippen MR) is 215 cm³/mol. The maximum Gasteiger partial charge on any atom is 0.357 e. The van der Waals surface area contributed by atoms with Gasteiger partial charge < -0.3 is 29.8 Å². The fourth-order valence-electron chi connectivity index (χ4n) is 6.49. The van der Waals surface area contributed by atoms with Crippen LogP contribution < -0.4 is 15.4 Å². The Kier molecular flexibility index (Phi) is 12.1. The molecule has 2 amide bonds. The molecular formula is C43H42N4O7S. The monoisotopic (exact) mass is 758 g/mol. The molecule has 0 saturated heterocycles. The average molecular weight is 759 g/mol. The topological polar surface area (TPSA) is 149 Å². The minimum absolute atomic E-state index is 0.0420. The largest absolute Gasteiger partial charge is 0.488 e. The van der Waals surface area contributed by atoms with E-state index in [4.69, 9.17) is 14.2 Å². The number of hydrogen-bond acceptors (Lipinski definition) is 9. The Morgan fingerprint density at radius 2 is 1.75 bits per heavy atom. The molecule has 55 heavy (non-hydrogen) atoms. The van der Waals surface area contributed by atoms with Crippen LogP contribution in [0.25, 0.3) is 44.3 Å². The molecule has 1 aliphatic rings. The van der Waals surface area contributed by atoms with Gasteiger partial charge in [-0.25, -0.2) is 9.78 Å². The first-order chi connectivity index (χ1) is 26.8. The third kappa shape index (κ3) is 8.00. The van der Waals surface area contributed by atoms with Gasteiger partial charge in [0.25, 0.3) is 11.8 Å². The third-order valence-electron chi connectivity index (χ3n) is 8.96. The van der Waals surface area contributed by atoms with Gasteiger partial charge in [-0.05, 0) is 77.7 Å². The Morgan fingerprint density at radius 3 is 2.53 bits per heavy atom. The standard InChI is InChI=1S/C41H36N4O7S.C2H6/c1-4-14-43-40(48)34-10-9-26(38(44-34)41(49)50-3)28-19-35-29(31-22-53-21-25(31)20-52-35)18-30(28)39(47)45-33-12-11-32-27(13-15-42-32)37(33)24-8-6-7-23(16-24)17-36(46)51-5-2;1-2/h6-13,15-16,18-19,21-22,42H,4-5,14,17,20H2,1-3H3,(H,43,48)(H,45,47);1-2H3. The number of carbonyl (C=O) groups is 4. The van der Waals surface area contributed by atoms with Gasteiger partial charge in [-0.1, -0.05) is 45.0 Å². The third-order valence-corrected chi connectivity index (χ3v) is 9.76. The zero-order chi connectivity index (χ0) is 39.1. The number of fused-ring (bicyclic) bond motifs is 4. The molecule has 0 spiro atoms. The molecule has 12 heteroatoms. The zero-order valence-electron chi connectivity index (χ0n) is 31.3. The van der Waals surface area contributed by atoms with Crippen molar-refractivity contribution in [2.24, 2.45) is 0 Å². The van der Waals surface area contributed by atoms with Crippen molar-refractivity contribution in [1.82, 2.24) is 15.3 Å². The van der Waals surface area contributed by atoms with Gasteiger partial charge in [-0.3, -0.25) is 14.4 Å². The second-order valence-electron chi connectivity index (χ2n) is 12.4. The van der Waals surface area contributed by atoms with Crippen LogP contribution in [-0.4, -0.2) is 54.0 Å². The van der Waals surface area contributed by atoms with Gasteiger partial charge in [0, 0.05) is 68.3 Å². The van der Waals surface area contributed by atoms with Gasteiger partial charge in [-0.15, -0.1) is 0 Å². The molecule has 11 nitrogen and oxygen atoms in total. The van der Waals surface area contributed by atoms with E-state index in [2.05, 4.69) is 20.6 Å². The van der Waals surface area contributed by atoms with Crippen LogP contribution >= 0.6 is 11.3 Å². The van der Waals surface area contributed by atoms with Crippen molar-refractivity contribution in [2.45, 2.75) is 47.1 Å². The summed E-state index contributed by atoms with van der Waals surface area (Å²) in [6.07, 6.45) is 2.66. The van der Waals surface area contributed by atoms with E-state index in [9.17, 15) is 19.2 Å². The van der Waals surface area contributed by atoms with Gasteiger partial charge in [0.05, 0.1) is 20.1 Å². The first kappa shape index (κ1) is 38.5. The number of amides is 2. The lowest BCUT2D eigenvalue weighted by molar-refractivity contribution is -0.142. The number of pyridine rings is 1. The fourth-order valence-corrected chi connectivity index (χ4v) is 7.33. The first-order valence-corrected chi connectivity index (χ1v) is 19.1. The Labute approximate surface area is 323 Å². The van der Waals surface area contributed by atoms with E-state index in [1.807, 2.05) is 80.2 Å². The molecule has 0 saturated carbocycles. The molecule has 0 radical (unpaired) electrons. The van der Waals surface area contributed by atoms with Crippen LogP contribution in [0.2, 0.25) is 0 Å². The minimum atomic E-state index is -0.766. The maximum absolute atomic E-state index is 14.7. The Hall–Kier alpha value is -6.27.